The minimum Gasteiger partial charge on any atom is -0.461 e. The Bertz CT molecular complexity index is 1130. The first-order valence-electron chi connectivity index (χ1n) is 10.0. The van der Waals surface area contributed by atoms with Gasteiger partial charge in [-0.05, 0) is 31.0 Å². The Kier molecular flexibility index (Phi) is 5.99. The maximum Gasteiger partial charge on any atom is 0.344 e. The lowest BCUT2D eigenvalue weighted by molar-refractivity contribution is -0.137. The van der Waals surface area contributed by atoms with Gasteiger partial charge in [0.25, 0.3) is 5.91 Å². The molecule has 166 valence electrons. The molecule has 0 aliphatic carbocycles. The number of rotatable bonds is 8. The van der Waals surface area contributed by atoms with Crippen molar-refractivity contribution in [2.45, 2.75) is 37.5 Å². The topological polar surface area (TPSA) is 122 Å². The molecule has 4 rings (SSSR count). The molecule has 3 heterocycles. The van der Waals surface area contributed by atoms with Crippen LogP contribution in [-0.2, 0) is 16.1 Å². The van der Waals surface area contributed by atoms with Crippen molar-refractivity contribution in [3.63, 3.8) is 0 Å². The summed E-state index contributed by atoms with van der Waals surface area (Å²) in [7, 11) is 0. The van der Waals surface area contributed by atoms with Crippen molar-refractivity contribution < 1.29 is 18.8 Å². The Labute approximate surface area is 188 Å². The first-order chi connectivity index (χ1) is 15.4. The predicted molar refractivity (Wildman–Crippen MR) is 116 cm³/mol. The summed E-state index contributed by atoms with van der Waals surface area (Å²) in [6, 6.07) is 12.7. The Morgan fingerprint density at radius 2 is 1.97 bits per heavy atom. The van der Waals surface area contributed by atoms with Gasteiger partial charge in [0, 0.05) is 0 Å². The second kappa shape index (κ2) is 8.87. The molecule has 4 amide bonds. The highest BCUT2D eigenvalue weighted by Crippen LogP contribution is 2.26. The monoisotopic (exact) mass is 454 g/mol. The number of nitrogens with one attached hydrogen (secondary N) is 2. The minimum absolute atomic E-state index is 0.0645. The number of hydrogen-bond acceptors (Lipinski definition) is 7. The maximum absolute atomic E-state index is 12.5. The summed E-state index contributed by atoms with van der Waals surface area (Å²) in [6.07, 6.45) is 1.97. The molecule has 1 aliphatic rings. The fraction of sp³-hybridized carbons (Fsp3) is 0.286. The van der Waals surface area contributed by atoms with Crippen molar-refractivity contribution in [1.29, 1.82) is 0 Å². The number of benzene rings is 1. The lowest BCUT2D eigenvalue weighted by atomic mass is 10.00. The molecule has 1 saturated heterocycles. The van der Waals surface area contributed by atoms with Gasteiger partial charge in [-0.25, -0.2) is 4.79 Å². The number of thioether (sulfide) groups is 1. The molecule has 2 aromatic heterocycles. The zero-order chi connectivity index (χ0) is 22.7. The molecule has 3 aromatic rings. The Morgan fingerprint density at radius 3 is 2.62 bits per heavy atom. The smallest absolute Gasteiger partial charge is 0.344 e. The average molecular weight is 455 g/mol. The number of carbonyl (C=O) groups is 3. The van der Waals surface area contributed by atoms with Gasteiger partial charge in [-0.2, -0.15) is 5.01 Å². The van der Waals surface area contributed by atoms with Crippen molar-refractivity contribution in [3.8, 4) is 11.6 Å². The molecule has 1 fully saturated rings. The van der Waals surface area contributed by atoms with Gasteiger partial charge in [0.2, 0.25) is 11.7 Å². The average Bonchev–Trinajstić information content (AvgIpc) is 3.50. The summed E-state index contributed by atoms with van der Waals surface area (Å²) in [5.74, 6) is 0.0335. The molecule has 0 saturated carbocycles. The number of imide groups is 1. The third-order valence-electron chi connectivity index (χ3n) is 5.18. The number of carbonyl (C=O) groups excluding carboxylic acids is 3. The van der Waals surface area contributed by atoms with Crippen LogP contribution in [0.2, 0.25) is 0 Å². The number of urea groups is 1. The number of amides is 4. The molecule has 0 spiro atoms. The number of nitrogens with zero attached hydrogens (tertiary/aromatic N) is 4. The van der Waals surface area contributed by atoms with Crippen LogP contribution in [0.1, 0.15) is 25.8 Å². The number of aromatic nitrogens is 3. The lowest BCUT2D eigenvalue weighted by Crippen LogP contribution is -2.49. The van der Waals surface area contributed by atoms with E-state index in [1.54, 1.807) is 32.2 Å². The van der Waals surface area contributed by atoms with Crippen LogP contribution in [0.15, 0.2) is 58.3 Å². The van der Waals surface area contributed by atoms with Gasteiger partial charge in [-0.3, -0.25) is 19.6 Å². The van der Waals surface area contributed by atoms with E-state index in [0.717, 1.165) is 22.3 Å². The SMILES string of the molecule is CCC1(C)NC(=O)N(NC(=O)CSc2nnc(-c3ccco3)n2Cc2ccccc2)C1=O. The molecule has 0 bridgehead atoms. The van der Waals surface area contributed by atoms with Crippen LogP contribution in [0.4, 0.5) is 4.79 Å². The van der Waals surface area contributed by atoms with Crippen LogP contribution in [0.25, 0.3) is 11.6 Å². The van der Waals surface area contributed by atoms with Crippen LogP contribution < -0.4 is 10.7 Å². The number of hydrazine groups is 1. The van der Waals surface area contributed by atoms with Crippen molar-refractivity contribution in [1.82, 2.24) is 30.5 Å². The van der Waals surface area contributed by atoms with E-state index in [1.165, 1.54) is 0 Å². The summed E-state index contributed by atoms with van der Waals surface area (Å²) in [5, 5.41) is 12.3. The molecular weight excluding hydrogens is 432 g/mol. The van der Waals surface area contributed by atoms with Crippen molar-refractivity contribution in [2.24, 2.45) is 0 Å². The highest BCUT2D eigenvalue weighted by atomic mass is 32.2. The molecule has 1 unspecified atom stereocenters. The molecule has 32 heavy (non-hydrogen) atoms. The van der Waals surface area contributed by atoms with Crippen LogP contribution in [0.5, 0.6) is 0 Å². The largest absolute Gasteiger partial charge is 0.461 e. The zero-order valence-corrected chi connectivity index (χ0v) is 18.4. The van der Waals surface area contributed by atoms with E-state index in [2.05, 4.69) is 20.9 Å². The maximum atomic E-state index is 12.5. The van der Waals surface area contributed by atoms with Crippen molar-refractivity contribution >= 4 is 29.6 Å². The van der Waals surface area contributed by atoms with Gasteiger partial charge in [-0.1, -0.05) is 49.0 Å². The van der Waals surface area contributed by atoms with Crippen molar-refractivity contribution in [3.05, 3.63) is 54.3 Å². The summed E-state index contributed by atoms with van der Waals surface area (Å²) in [5.41, 5.74) is 2.39. The molecular formula is C21H22N6O4S. The molecule has 11 heteroatoms. The van der Waals surface area contributed by atoms with E-state index in [9.17, 15) is 14.4 Å². The second-order valence-electron chi connectivity index (χ2n) is 7.44. The Morgan fingerprint density at radius 1 is 1.19 bits per heavy atom. The van der Waals surface area contributed by atoms with Crippen molar-refractivity contribution in [2.75, 3.05) is 5.75 Å². The molecule has 1 aliphatic heterocycles. The fourth-order valence-corrected chi connectivity index (χ4v) is 3.93. The van der Waals surface area contributed by atoms with Crippen LogP contribution >= 0.6 is 11.8 Å². The minimum atomic E-state index is -1.02. The molecule has 10 nitrogen and oxygen atoms in total. The first-order valence-corrected chi connectivity index (χ1v) is 11.0. The molecule has 0 radical (unpaired) electrons. The van der Waals surface area contributed by atoms with Gasteiger partial charge in [-0.15, -0.1) is 10.2 Å². The summed E-state index contributed by atoms with van der Waals surface area (Å²) < 4.78 is 7.33. The standard InChI is InChI=1S/C21H22N6O4S/c1-3-21(2)18(29)27(19(30)22-21)25-16(28)13-32-20-24-23-17(15-10-7-11-31-15)26(20)12-14-8-5-4-6-9-14/h4-11H,3,12-13H2,1-2H3,(H,22,30)(H,25,28). The lowest BCUT2D eigenvalue weighted by Gasteiger charge is -2.19. The van der Waals surface area contributed by atoms with Crippen LogP contribution in [-0.4, -0.2) is 48.9 Å². The quantitative estimate of drug-likeness (QED) is 0.396. The molecule has 1 atom stereocenters. The van der Waals surface area contributed by atoms with E-state index in [-0.39, 0.29) is 5.75 Å². The number of hydrogen-bond donors (Lipinski definition) is 2. The van der Waals surface area contributed by atoms with Gasteiger partial charge in [0.15, 0.2) is 10.9 Å². The van der Waals surface area contributed by atoms with E-state index in [0.29, 0.717) is 29.7 Å². The Balaban J connectivity index is 1.48. The van der Waals surface area contributed by atoms with Crippen LogP contribution in [0, 0.1) is 0 Å². The highest BCUT2D eigenvalue weighted by molar-refractivity contribution is 7.99. The third kappa shape index (κ3) is 4.24. The highest BCUT2D eigenvalue weighted by Gasteiger charge is 2.47. The summed E-state index contributed by atoms with van der Waals surface area (Å²) in [4.78, 5) is 37.0. The zero-order valence-electron chi connectivity index (χ0n) is 17.6. The second-order valence-corrected chi connectivity index (χ2v) is 8.38. The van der Waals surface area contributed by atoms with Crippen LogP contribution in [0.3, 0.4) is 0 Å². The molecule has 1 aromatic carbocycles. The summed E-state index contributed by atoms with van der Waals surface area (Å²) >= 11 is 1.15. The third-order valence-corrected chi connectivity index (χ3v) is 6.15. The predicted octanol–water partition coefficient (Wildman–Crippen LogP) is 2.43. The number of furan rings is 1. The van der Waals surface area contributed by atoms with E-state index >= 15 is 0 Å². The van der Waals surface area contributed by atoms with E-state index in [4.69, 9.17) is 4.42 Å². The van der Waals surface area contributed by atoms with E-state index < -0.39 is 23.4 Å². The van der Waals surface area contributed by atoms with Gasteiger partial charge in [0.1, 0.15) is 5.54 Å². The fourth-order valence-electron chi connectivity index (χ4n) is 3.20. The van der Waals surface area contributed by atoms with E-state index in [1.807, 2.05) is 34.9 Å². The molecule has 2 N–H and O–H groups in total. The first kappa shape index (κ1) is 21.6. The summed E-state index contributed by atoms with van der Waals surface area (Å²) in [6.45, 7) is 3.89. The van der Waals surface area contributed by atoms with Gasteiger partial charge >= 0.3 is 6.03 Å². The van der Waals surface area contributed by atoms with Gasteiger partial charge in [0.05, 0.1) is 18.6 Å². The van der Waals surface area contributed by atoms with Gasteiger partial charge < -0.3 is 9.73 Å². The normalized spacial score (nSPS) is 18.1. The Hall–Kier alpha value is -3.60.